The zero-order chi connectivity index (χ0) is 23.0. The van der Waals surface area contributed by atoms with E-state index in [4.69, 9.17) is 0 Å². The molecule has 11 heteroatoms. The number of aromatic nitrogens is 2. The van der Waals surface area contributed by atoms with Crippen LogP contribution in [0.5, 0.6) is 5.88 Å². The summed E-state index contributed by atoms with van der Waals surface area (Å²) in [6, 6.07) is 4.91. The monoisotopic (exact) mass is 441 g/mol. The highest BCUT2D eigenvalue weighted by molar-refractivity contribution is 6.04. The number of H-pyrrole nitrogens is 1. The van der Waals surface area contributed by atoms with Gasteiger partial charge >= 0.3 is 5.69 Å². The van der Waals surface area contributed by atoms with Gasteiger partial charge in [0.1, 0.15) is 5.56 Å². The summed E-state index contributed by atoms with van der Waals surface area (Å²) in [5.74, 6) is -0.836. The van der Waals surface area contributed by atoms with Crippen molar-refractivity contribution in [2.24, 2.45) is 5.10 Å². The summed E-state index contributed by atoms with van der Waals surface area (Å²) in [4.78, 5) is 50.0. The molecule has 2 aromatic rings. The topological polar surface area (TPSA) is 151 Å². The predicted octanol–water partition coefficient (Wildman–Crippen LogP) is 2.35. The van der Waals surface area contributed by atoms with Gasteiger partial charge < -0.3 is 5.11 Å². The normalized spacial score (nSPS) is 19.1. The molecule has 1 aromatic carbocycles. The van der Waals surface area contributed by atoms with Crippen LogP contribution in [0.4, 0.5) is 5.69 Å². The lowest BCUT2D eigenvalue weighted by molar-refractivity contribution is -0.384. The molecule has 0 radical (unpaired) electrons. The van der Waals surface area contributed by atoms with Crippen LogP contribution in [0.3, 0.4) is 0 Å². The first-order chi connectivity index (χ1) is 15.3. The van der Waals surface area contributed by atoms with Gasteiger partial charge in [-0.3, -0.25) is 29.3 Å². The van der Waals surface area contributed by atoms with Gasteiger partial charge in [0.15, 0.2) is 0 Å². The van der Waals surface area contributed by atoms with E-state index in [0.717, 1.165) is 32.1 Å². The first-order valence-electron chi connectivity index (χ1n) is 10.5. The summed E-state index contributed by atoms with van der Waals surface area (Å²) >= 11 is 0. The van der Waals surface area contributed by atoms with Crippen molar-refractivity contribution in [3.05, 3.63) is 66.3 Å². The smallest absolute Gasteiger partial charge is 0.331 e. The van der Waals surface area contributed by atoms with Crippen LogP contribution in [0, 0.1) is 10.1 Å². The number of amides is 1. The third kappa shape index (κ3) is 3.81. The highest BCUT2D eigenvalue weighted by atomic mass is 16.6. The van der Waals surface area contributed by atoms with Gasteiger partial charge in [0.05, 0.1) is 16.7 Å². The number of nitro groups is 1. The molecule has 11 nitrogen and oxygen atoms in total. The minimum atomic E-state index is -0.772. The van der Waals surface area contributed by atoms with Crippen molar-refractivity contribution in [3.63, 3.8) is 0 Å². The summed E-state index contributed by atoms with van der Waals surface area (Å²) < 4.78 is 1.22. The number of hydrogen-bond acceptors (Lipinski definition) is 7. The Morgan fingerprint density at radius 2 is 1.84 bits per heavy atom. The number of hydrogen-bond donors (Lipinski definition) is 2. The van der Waals surface area contributed by atoms with Gasteiger partial charge in [-0.15, -0.1) is 0 Å². The maximum absolute atomic E-state index is 12.6. The molecule has 2 N–H and O–H groups in total. The first kappa shape index (κ1) is 21.5. The molecule has 168 valence electrons. The number of nitrogens with zero attached hydrogens (tertiary/aromatic N) is 4. The molecular weight excluding hydrogens is 418 g/mol. The molecule has 4 rings (SSSR count). The Balaban J connectivity index is 1.74. The second-order valence-corrected chi connectivity index (χ2v) is 8.10. The van der Waals surface area contributed by atoms with Gasteiger partial charge in [-0.1, -0.05) is 31.4 Å². The Kier molecular flexibility index (Phi) is 5.64. The fourth-order valence-electron chi connectivity index (χ4n) is 4.51. The van der Waals surface area contributed by atoms with Crippen molar-refractivity contribution in [2.75, 3.05) is 0 Å². The summed E-state index contributed by atoms with van der Waals surface area (Å²) in [5, 5.41) is 27.3. The molecule has 2 heterocycles. The maximum Gasteiger partial charge on any atom is 0.331 e. The average molecular weight is 441 g/mol. The number of aromatic amines is 1. The number of nitro benzene ring substituents is 1. The van der Waals surface area contributed by atoms with E-state index in [1.807, 2.05) is 0 Å². The lowest BCUT2D eigenvalue weighted by Gasteiger charge is -2.25. The third-order valence-electron chi connectivity index (χ3n) is 6.07. The minimum absolute atomic E-state index is 0.0871. The Morgan fingerprint density at radius 1 is 1.19 bits per heavy atom. The summed E-state index contributed by atoms with van der Waals surface area (Å²) in [6.45, 7) is 1.32. The number of carbonyl (C=O) groups is 1. The molecule has 1 aliphatic heterocycles. The number of nitrogens with one attached hydrogen (secondary N) is 1. The molecule has 1 saturated carbocycles. The van der Waals surface area contributed by atoms with Crippen LogP contribution in [0.15, 0.2) is 39.0 Å². The van der Waals surface area contributed by atoms with Crippen molar-refractivity contribution in [3.8, 4) is 5.88 Å². The van der Waals surface area contributed by atoms with Gasteiger partial charge in [0, 0.05) is 31.5 Å². The Bertz CT molecular complexity index is 1210. The van der Waals surface area contributed by atoms with Crippen LogP contribution in [0.1, 0.15) is 68.7 Å². The lowest BCUT2D eigenvalue weighted by atomic mass is 9.95. The zero-order valence-electron chi connectivity index (χ0n) is 17.5. The van der Waals surface area contributed by atoms with Gasteiger partial charge in [-0.2, -0.15) is 5.10 Å². The van der Waals surface area contributed by atoms with Crippen LogP contribution in [-0.4, -0.2) is 36.2 Å². The van der Waals surface area contributed by atoms with Crippen LogP contribution in [-0.2, 0) is 4.79 Å². The van der Waals surface area contributed by atoms with E-state index < -0.39 is 28.1 Å². The molecule has 0 saturated heterocycles. The SMILES string of the molecule is CC(=O)N1N=C(c2c(O)n(C3CCCCC3)c(=O)[nH]c2=O)C[C@@H]1c1ccc([N+](=O)[O-])cc1. The maximum atomic E-state index is 12.6. The number of benzene rings is 1. The molecule has 1 aromatic heterocycles. The van der Waals surface area contributed by atoms with Gasteiger partial charge in [-0.25, -0.2) is 9.80 Å². The quantitative estimate of drug-likeness (QED) is 0.549. The average Bonchev–Trinajstić information content (AvgIpc) is 3.19. The lowest BCUT2D eigenvalue weighted by Crippen LogP contribution is -2.36. The molecule has 1 aliphatic carbocycles. The van der Waals surface area contributed by atoms with Crippen molar-refractivity contribution >= 4 is 17.3 Å². The first-order valence-corrected chi connectivity index (χ1v) is 10.5. The van der Waals surface area contributed by atoms with E-state index >= 15 is 0 Å². The van der Waals surface area contributed by atoms with Crippen molar-refractivity contribution in [1.29, 1.82) is 0 Å². The largest absolute Gasteiger partial charge is 0.494 e. The van der Waals surface area contributed by atoms with E-state index in [1.165, 1.54) is 40.8 Å². The van der Waals surface area contributed by atoms with E-state index in [9.17, 15) is 29.6 Å². The van der Waals surface area contributed by atoms with Crippen molar-refractivity contribution < 1.29 is 14.8 Å². The van der Waals surface area contributed by atoms with Crippen molar-refractivity contribution in [1.82, 2.24) is 14.6 Å². The molecule has 0 unspecified atom stereocenters. The molecule has 1 fully saturated rings. The van der Waals surface area contributed by atoms with Crippen LogP contribution >= 0.6 is 0 Å². The van der Waals surface area contributed by atoms with Gasteiger partial charge in [0.2, 0.25) is 11.8 Å². The Labute approximate surface area is 182 Å². The highest BCUT2D eigenvalue weighted by Gasteiger charge is 2.35. The minimum Gasteiger partial charge on any atom is -0.494 e. The fourth-order valence-corrected chi connectivity index (χ4v) is 4.51. The van der Waals surface area contributed by atoms with E-state index in [-0.39, 0.29) is 35.3 Å². The molecule has 32 heavy (non-hydrogen) atoms. The number of aromatic hydroxyl groups is 1. The molecule has 1 atom stereocenters. The summed E-state index contributed by atoms with van der Waals surface area (Å²) in [5.41, 5.74) is -0.891. The molecule has 0 bridgehead atoms. The number of carbonyl (C=O) groups excluding carboxylic acids is 1. The van der Waals surface area contributed by atoms with Gasteiger partial charge in [0.25, 0.3) is 11.2 Å². The predicted molar refractivity (Wildman–Crippen MR) is 115 cm³/mol. The molecular formula is C21H23N5O6. The van der Waals surface area contributed by atoms with Crippen LogP contribution in [0.2, 0.25) is 0 Å². The number of hydrazone groups is 1. The number of non-ortho nitro benzene ring substituents is 1. The van der Waals surface area contributed by atoms with Crippen LogP contribution in [0.25, 0.3) is 0 Å². The Hall–Kier alpha value is -3.76. The second kappa shape index (κ2) is 8.40. The van der Waals surface area contributed by atoms with E-state index in [1.54, 1.807) is 0 Å². The summed E-state index contributed by atoms with van der Waals surface area (Å²) in [7, 11) is 0. The van der Waals surface area contributed by atoms with Crippen LogP contribution < -0.4 is 11.2 Å². The summed E-state index contributed by atoms with van der Waals surface area (Å²) in [6.07, 6.45) is 4.45. The van der Waals surface area contributed by atoms with E-state index in [0.29, 0.717) is 5.56 Å². The fraction of sp³-hybridized carbons (Fsp3) is 0.429. The second-order valence-electron chi connectivity index (χ2n) is 8.10. The Morgan fingerprint density at radius 3 is 2.44 bits per heavy atom. The van der Waals surface area contributed by atoms with Gasteiger partial charge in [-0.05, 0) is 18.4 Å². The standard InChI is InChI=1S/C21H23N5O6/c1-12(27)25-17(13-7-9-15(10-8-13)26(31)32)11-16(23-25)18-19(28)22-21(30)24(20(18)29)14-5-3-2-4-6-14/h7-10,14,17,29H,2-6,11H2,1H3,(H,22,28,30)/t17-/m1/s1. The zero-order valence-corrected chi connectivity index (χ0v) is 17.5. The number of rotatable bonds is 4. The molecule has 0 spiro atoms. The highest BCUT2D eigenvalue weighted by Crippen LogP contribution is 2.35. The van der Waals surface area contributed by atoms with E-state index in [2.05, 4.69) is 10.1 Å². The molecule has 1 amide bonds. The third-order valence-corrected chi connectivity index (χ3v) is 6.07. The van der Waals surface area contributed by atoms with Crippen molar-refractivity contribution in [2.45, 2.75) is 57.5 Å². The molecule has 2 aliphatic rings.